The lowest BCUT2D eigenvalue weighted by Crippen LogP contribution is -2.44. The van der Waals surface area contributed by atoms with Crippen molar-refractivity contribution >= 4 is 5.78 Å². The zero-order chi connectivity index (χ0) is 11.7. The van der Waals surface area contributed by atoms with Crippen LogP contribution in [0.4, 0.5) is 22.0 Å². The highest BCUT2D eigenvalue weighted by atomic mass is 19.4. The topological polar surface area (TPSA) is 30.2 Å². The highest BCUT2D eigenvalue weighted by Gasteiger charge is 2.62. The van der Waals surface area contributed by atoms with Crippen LogP contribution in [0.25, 0.3) is 0 Å². The first-order chi connectivity index (χ1) is 6.75. The monoisotopic (exact) mass is 228 g/mol. The molecule has 1 aromatic rings. The summed E-state index contributed by atoms with van der Waals surface area (Å²) in [5.41, 5.74) is -0.0241. The lowest BCUT2D eigenvalue weighted by atomic mass is 10.1. The molecule has 0 unspecified atom stereocenters. The van der Waals surface area contributed by atoms with Gasteiger partial charge in [0.1, 0.15) is 0 Å². The Balaban J connectivity index is 2.77. The number of hydrogen-bond acceptors (Lipinski definition) is 2. The second-order valence-corrected chi connectivity index (χ2v) is 2.80. The smallest absolute Gasteiger partial charge is 0.461 e. The van der Waals surface area contributed by atoms with Gasteiger partial charge < -0.3 is 4.42 Å². The van der Waals surface area contributed by atoms with E-state index < -0.39 is 24.3 Å². The van der Waals surface area contributed by atoms with Crippen LogP contribution in [0.5, 0.6) is 0 Å². The van der Waals surface area contributed by atoms with Crippen molar-refractivity contribution in [2.24, 2.45) is 0 Å². The van der Waals surface area contributed by atoms with E-state index in [0.29, 0.717) is 0 Å². The minimum Gasteiger partial charge on any atom is -0.472 e. The van der Waals surface area contributed by atoms with Crippen LogP contribution in [0, 0.1) is 0 Å². The number of Topliss-reactive ketones (excluding diaryl/α,β-unsaturated/α-hetero) is 1. The summed E-state index contributed by atoms with van der Waals surface area (Å²) in [5, 5.41) is 0. The molecule has 0 saturated carbocycles. The van der Waals surface area contributed by atoms with Crippen molar-refractivity contribution in [3.63, 3.8) is 0 Å². The van der Waals surface area contributed by atoms with Crippen LogP contribution in [-0.2, 0) is 11.2 Å². The highest BCUT2D eigenvalue weighted by Crippen LogP contribution is 2.36. The maximum absolute atomic E-state index is 12.4. The summed E-state index contributed by atoms with van der Waals surface area (Å²) in [4.78, 5) is 10.7. The molecule has 0 aliphatic carbocycles. The number of rotatable bonds is 3. The van der Waals surface area contributed by atoms with Gasteiger partial charge in [-0.05, 0) is 11.6 Å². The van der Waals surface area contributed by atoms with Crippen LogP contribution in [0.15, 0.2) is 23.0 Å². The Morgan fingerprint density at radius 1 is 1.27 bits per heavy atom. The maximum atomic E-state index is 12.4. The van der Waals surface area contributed by atoms with E-state index in [2.05, 4.69) is 4.42 Å². The molecular formula is C8H5F5O2. The van der Waals surface area contributed by atoms with E-state index in [9.17, 15) is 26.7 Å². The molecule has 0 spiro atoms. The predicted octanol–water partition coefficient (Wildman–Crippen LogP) is 2.59. The van der Waals surface area contributed by atoms with Gasteiger partial charge in [-0.25, -0.2) is 0 Å². The Hall–Kier alpha value is -1.40. The molecule has 0 bridgehead atoms. The number of halogens is 5. The van der Waals surface area contributed by atoms with E-state index >= 15 is 0 Å². The maximum Gasteiger partial charge on any atom is 0.461 e. The van der Waals surface area contributed by atoms with Crippen molar-refractivity contribution < 1.29 is 31.2 Å². The van der Waals surface area contributed by atoms with Gasteiger partial charge in [0.05, 0.1) is 12.5 Å². The van der Waals surface area contributed by atoms with Crippen molar-refractivity contribution in [1.82, 2.24) is 0 Å². The minimum absolute atomic E-state index is 0.0241. The van der Waals surface area contributed by atoms with Gasteiger partial charge in [-0.15, -0.1) is 0 Å². The van der Waals surface area contributed by atoms with Gasteiger partial charge in [-0.1, -0.05) is 0 Å². The van der Waals surface area contributed by atoms with Gasteiger partial charge in [-0.2, -0.15) is 22.0 Å². The SMILES string of the molecule is O=C(Cc1ccoc1)C(F)(F)C(F)(F)F. The van der Waals surface area contributed by atoms with Crippen LogP contribution in [0.1, 0.15) is 5.56 Å². The van der Waals surface area contributed by atoms with Crippen LogP contribution >= 0.6 is 0 Å². The predicted molar refractivity (Wildman–Crippen MR) is 38.4 cm³/mol. The van der Waals surface area contributed by atoms with E-state index in [1.54, 1.807) is 0 Å². The summed E-state index contributed by atoms with van der Waals surface area (Å²) in [6.45, 7) is 0. The van der Waals surface area contributed by atoms with Crippen LogP contribution in [-0.4, -0.2) is 17.9 Å². The molecule has 0 aliphatic heterocycles. The average molecular weight is 228 g/mol. The third kappa shape index (κ3) is 2.34. The van der Waals surface area contributed by atoms with Gasteiger partial charge in [0.2, 0.25) is 5.78 Å². The van der Waals surface area contributed by atoms with E-state index in [-0.39, 0.29) is 5.56 Å². The van der Waals surface area contributed by atoms with Gasteiger partial charge in [0.25, 0.3) is 0 Å². The normalized spacial score (nSPS) is 12.9. The van der Waals surface area contributed by atoms with Gasteiger partial charge in [-0.3, -0.25) is 4.79 Å². The second-order valence-electron chi connectivity index (χ2n) is 2.80. The van der Waals surface area contributed by atoms with Crippen molar-refractivity contribution in [3.8, 4) is 0 Å². The molecule has 0 aliphatic rings. The lowest BCUT2D eigenvalue weighted by molar-refractivity contribution is -0.268. The first-order valence-electron chi connectivity index (χ1n) is 3.74. The van der Waals surface area contributed by atoms with E-state index in [1.807, 2.05) is 0 Å². The van der Waals surface area contributed by atoms with Crippen molar-refractivity contribution in [2.75, 3.05) is 0 Å². The van der Waals surface area contributed by atoms with Crippen molar-refractivity contribution in [1.29, 1.82) is 0 Å². The first kappa shape index (κ1) is 11.7. The van der Waals surface area contributed by atoms with Gasteiger partial charge in [0, 0.05) is 6.42 Å². The largest absolute Gasteiger partial charge is 0.472 e. The third-order valence-corrected chi connectivity index (χ3v) is 1.65. The summed E-state index contributed by atoms with van der Waals surface area (Å²) < 4.78 is 64.4. The Morgan fingerprint density at radius 3 is 2.27 bits per heavy atom. The number of hydrogen-bond donors (Lipinski definition) is 0. The highest BCUT2D eigenvalue weighted by molar-refractivity contribution is 5.88. The molecule has 0 N–H and O–H groups in total. The van der Waals surface area contributed by atoms with Gasteiger partial charge in [0.15, 0.2) is 0 Å². The molecule has 0 saturated heterocycles. The number of ketones is 1. The summed E-state index contributed by atoms with van der Waals surface area (Å²) >= 11 is 0. The summed E-state index contributed by atoms with van der Waals surface area (Å²) in [5.74, 6) is -7.51. The van der Waals surface area contributed by atoms with Crippen molar-refractivity contribution in [3.05, 3.63) is 24.2 Å². The lowest BCUT2D eigenvalue weighted by Gasteiger charge is -2.17. The fraction of sp³-hybridized carbons (Fsp3) is 0.375. The first-order valence-corrected chi connectivity index (χ1v) is 3.74. The number of furan rings is 1. The zero-order valence-corrected chi connectivity index (χ0v) is 7.15. The minimum atomic E-state index is -5.85. The number of carbonyl (C=O) groups excluding carboxylic acids is 1. The third-order valence-electron chi connectivity index (χ3n) is 1.65. The standard InChI is InChI=1S/C8H5F5O2/c9-7(10,8(11,12)13)6(14)3-5-1-2-15-4-5/h1-2,4H,3H2. The van der Waals surface area contributed by atoms with Gasteiger partial charge >= 0.3 is 12.1 Å². The fourth-order valence-corrected chi connectivity index (χ4v) is 0.848. The molecule has 1 heterocycles. The van der Waals surface area contributed by atoms with Crippen LogP contribution < -0.4 is 0 Å². The molecular weight excluding hydrogens is 223 g/mol. The molecule has 84 valence electrons. The summed E-state index contributed by atoms with van der Waals surface area (Å²) in [6.07, 6.45) is -4.85. The Morgan fingerprint density at radius 2 is 1.87 bits per heavy atom. The molecule has 1 rings (SSSR count). The zero-order valence-electron chi connectivity index (χ0n) is 7.15. The molecule has 7 heteroatoms. The van der Waals surface area contributed by atoms with Crippen molar-refractivity contribution in [2.45, 2.75) is 18.5 Å². The molecule has 1 aromatic heterocycles. The molecule has 0 fully saturated rings. The summed E-state index contributed by atoms with van der Waals surface area (Å²) in [6, 6.07) is 1.14. The summed E-state index contributed by atoms with van der Waals surface area (Å²) in [7, 11) is 0. The molecule has 2 nitrogen and oxygen atoms in total. The molecule has 0 aromatic carbocycles. The van der Waals surface area contributed by atoms with E-state index in [4.69, 9.17) is 0 Å². The van der Waals surface area contributed by atoms with Crippen LogP contribution in [0.3, 0.4) is 0 Å². The second kappa shape index (κ2) is 3.63. The molecule has 0 atom stereocenters. The Kier molecular flexibility index (Phi) is 2.83. The average Bonchev–Trinajstić information content (AvgIpc) is 2.54. The molecule has 0 radical (unpaired) electrons. The quantitative estimate of drug-likeness (QED) is 0.744. The molecule has 15 heavy (non-hydrogen) atoms. The van der Waals surface area contributed by atoms with E-state index in [0.717, 1.165) is 18.6 Å². The number of alkyl halides is 5. The molecule has 0 amide bonds. The fourth-order valence-electron chi connectivity index (χ4n) is 0.848. The van der Waals surface area contributed by atoms with E-state index in [1.165, 1.54) is 0 Å². The Labute approximate surface area is 80.7 Å². The number of carbonyl (C=O) groups is 1. The van der Waals surface area contributed by atoms with Crippen LogP contribution in [0.2, 0.25) is 0 Å². The Bertz CT molecular complexity index is 338.